The van der Waals surface area contributed by atoms with E-state index in [0.717, 1.165) is 0 Å². The number of carbonyl (C=O) groups excluding carboxylic acids is 2. The summed E-state index contributed by atoms with van der Waals surface area (Å²) < 4.78 is 0. The average molecular weight is 380 g/mol. The molecule has 27 heavy (non-hydrogen) atoms. The van der Waals surface area contributed by atoms with Crippen LogP contribution in [0.3, 0.4) is 0 Å². The average Bonchev–Trinajstić information content (AvgIpc) is 2.72. The molecule has 0 aliphatic carbocycles. The van der Waals surface area contributed by atoms with Crippen LogP contribution in [0.1, 0.15) is 20.7 Å². The van der Waals surface area contributed by atoms with E-state index < -0.39 is 11.9 Å². The molecular weight excluding hydrogens is 366 g/mol. The van der Waals surface area contributed by atoms with Gasteiger partial charge >= 0.3 is 5.97 Å². The van der Waals surface area contributed by atoms with E-state index in [1.165, 1.54) is 0 Å². The van der Waals surface area contributed by atoms with Gasteiger partial charge in [-0.25, -0.2) is 10.3 Å². The van der Waals surface area contributed by atoms with Crippen LogP contribution < -0.4 is 5.48 Å². The largest absolute Gasteiger partial charge is 0.362 e. The molecule has 0 atom stereocenters. The molecule has 3 aromatic carbocycles. The minimum absolute atomic E-state index is 0.286. The van der Waals surface area contributed by atoms with E-state index in [1.54, 1.807) is 72.8 Å². The van der Waals surface area contributed by atoms with E-state index in [0.29, 0.717) is 22.0 Å². The Morgan fingerprint density at radius 2 is 1.52 bits per heavy atom. The zero-order chi connectivity index (χ0) is 19.1. The van der Waals surface area contributed by atoms with Crippen molar-refractivity contribution in [3.05, 3.63) is 95.0 Å². The fourth-order valence-corrected chi connectivity index (χ4v) is 2.34. The lowest BCUT2D eigenvalue weighted by molar-refractivity contribution is 0.0596. The third-order valence-corrected chi connectivity index (χ3v) is 3.83. The fourth-order valence-electron chi connectivity index (χ4n) is 2.13. The molecule has 7 heteroatoms. The molecular formula is C20H14ClN3O3. The second kappa shape index (κ2) is 8.73. The molecule has 0 aliphatic heterocycles. The Balaban J connectivity index is 1.58. The van der Waals surface area contributed by atoms with Crippen LogP contribution in [0.5, 0.6) is 0 Å². The summed E-state index contributed by atoms with van der Waals surface area (Å²) >= 11 is 5.95. The zero-order valence-electron chi connectivity index (χ0n) is 14.0. The Morgan fingerprint density at radius 3 is 2.22 bits per heavy atom. The first-order chi connectivity index (χ1) is 13.1. The van der Waals surface area contributed by atoms with Crippen LogP contribution in [0.2, 0.25) is 5.02 Å². The smallest absolute Gasteiger partial charge is 0.338 e. The van der Waals surface area contributed by atoms with Crippen molar-refractivity contribution in [1.29, 1.82) is 0 Å². The third-order valence-electron chi connectivity index (χ3n) is 3.50. The van der Waals surface area contributed by atoms with E-state index >= 15 is 0 Å². The molecule has 0 radical (unpaired) electrons. The highest BCUT2D eigenvalue weighted by molar-refractivity contribution is 6.33. The lowest BCUT2D eigenvalue weighted by Gasteiger charge is -2.06. The van der Waals surface area contributed by atoms with E-state index in [1.807, 2.05) is 6.07 Å². The van der Waals surface area contributed by atoms with Gasteiger partial charge in [-0.15, -0.1) is 10.2 Å². The molecule has 1 N–H and O–H groups in total. The van der Waals surface area contributed by atoms with Gasteiger partial charge in [0, 0.05) is 0 Å². The molecule has 3 rings (SSSR count). The lowest BCUT2D eigenvalue weighted by atomic mass is 10.2. The quantitative estimate of drug-likeness (QED) is 0.472. The Kier molecular flexibility index (Phi) is 5.91. The number of hydrogen-bond donors (Lipinski definition) is 1. The molecule has 0 heterocycles. The van der Waals surface area contributed by atoms with Crippen molar-refractivity contribution in [3.8, 4) is 0 Å². The zero-order valence-corrected chi connectivity index (χ0v) is 14.8. The summed E-state index contributed by atoms with van der Waals surface area (Å²) in [6.07, 6.45) is 0. The summed E-state index contributed by atoms with van der Waals surface area (Å²) in [4.78, 5) is 28.9. The van der Waals surface area contributed by atoms with Crippen LogP contribution in [0.4, 0.5) is 11.4 Å². The number of rotatable bonds is 5. The highest BCUT2D eigenvalue weighted by Gasteiger charge is 2.08. The minimum atomic E-state index is -0.528. The standard InChI is InChI=1S/C20H14ClN3O3/c21-18-9-5-4-8-17(18)19(25)23-22-15-10-12-16(13-11-15)24-27-20(26)14-6-2-1-3-7-14/h1-13,24H. The second-order valence-electron chi connectivity index (χ2n) is 5.39. The van der Waals surface area contributed by atoms with Crippen LogP contribution in [-0.4, -0.2) is 11.9 Å². The van der Waals surface area contributed by atoms with Crippen LogP contribution >= 0.6 is 11.6 Å². The highest BCUT2D eigenvalue weighted by atomic mass is 35.5. The summed E-state index contributed by atoms with van der Waals surface area (Å²) in [7, 11) is 0. The number of carbonyl (C=O) groups is 2. The van der Waals surface area contributed by atoms with Gasteiger partial charge in [-0.2, -0.15) is 0 Å². The molecule has 0 unspecified atom stereocenters. The van der Waals surface area contributed by atoms with Crippen LogP contribution in [-0.2, 0) is 4.84 Å². The molecule has 0 fully saturated rings. The van der Waals surface area contributed by atoms with Gasteiger partial charge in [0.15, 0.2) is 0 Å². The maximum Gasteiger partial charge on any atom is 0.362 e. The maximum absolute atomic E-state index is 12.0. The van der Waals surface area contributed by atoms with Crippen LogP contribution in [0.15, 0.2) is 89.1 Å². The summed E-state index contributed by atoms with van der Waals surface area (Å²) in [5.41, 5.74) is 4.31. The molecule has 134 valence electrons. The summed E-state index contributed by atoms with van der Waals surface area (Å²) in [5, 5.41) is 7.87. The molecule has 0 spiro atoms. The number of azo groups is 1. The first kappa shape index (κ1) is 18.3. The number of halogens is 1. The maximum atomic E-state index is 12.0. The van der Waals surface area contributed by atoms with Gasteiger partial charge in [-0.3, -0.25) is 4.79 Å². The monoisotopic (exact) mass is 379 g/mol. The van der Waals surface area contributed by atoms with Crippen molar-refractivity contribution in [1.82, 2.24) is 0 Å². The number of amides is 1. The number of hydrogen-bond acceptors (Lipinski definition) is 5. The SMILES string of the molecule is O=C(ONc1ccc(N=NC(=O)c2ccccc2Cl)cc1)c1ccccc1. The van der Waals surface area contributed by atoms with Crippen molar-refractivity contribution in [2.75, 3.05) is 5.48 Å². The van der Waals surface area contributed by atoms with Crippen molar-refractivity contribution in [3.63, 3.8) is 0 Å². The van der Waals surface area contributed by atoms with Gasteiger partial charge in [0.05, 0.1) is 27.5 Å². The van der Waals surface area contributed by atoms with Gasteiger partial charge < -0.3 is 4.84 Å². The Labute approximate surface area is 160 Å². The second-order valence-corrected chi connectivity index (χ2v) is 5.80. The first-order valence-corrected chi connectivity index (χ1v) is 8.34. The van der Waals surface area contributed by atoms with Crippen molar-refractivity contribution < 1.29 is 14.4 Å². The first-order valence-electron chi connectivity index (χ1n) is 7.96. The van der Waals surface area contributed by atoms with E-state index in [4.69, 9.17) is 16.4 Å². The normalized spacial score (nSPS) is 10.6. The van der Waals surface area contributed by atoms with Crippen molar-refractivity contribution in [2.24, 2.45) is 10.2 Å². The van der Waals surface area contributed by atoms with Crippen LogP contribution in [0, 0.1) is 0 Å². The predicted octanol–water partition coefficient (Wildman–Crippen LogP) is 5.45. The minimum Gasteiger partial charge on any atom is -0.338 e. The third kappa shape index (κ3) is 4.99. The molecule has 6 nitrogen and oxygen atoms in total. The van der Waals surface area contributed by atoms with Gasteiger partial charge in [-0.05, 0) is 48.5 Å². The Hall–Kier alpha value is -3.51. The molecule has 0 saturated carbocycles. The van der Waals surface area contributed by atoms with Gasteiger partial charge in [0.2, 0.25) is 0 Å². The van der Waals surface area contributed by atoms with Crippen molar-refractivity contribution in [2.45, 2.75) is 0 Å². The number of nitrogens with one attached hydrogen (secondary N) is 1. The Morgan fingerprint density at radius 1 is 0.852 bits per heavy atom. The molecule has 3 aromatic rings. The predicted molar refractivity (Wildman–Crippen MR) is 102 cm³/mol. The molecule has 0 bridgehead atoms. The van der Waals surface area contributed by atoms with E-state index in [-0.39, 0.29) is 5.56 Å². The van der Waals surface area contributed by atoms with Crippen molar-refractivity contribution >= 4 is 34.9 Å². The molecule has 0 saturated heterocycles. The molecule has 0 aliphatic rings. The molecule has 1 amide bonds. The topological polar surface area (TPSA) is 80.1 Å². The van der Waals surface area contributed by atoms with Gasteiger partial charge in [-0.1, -0.05) is 41.9 Å². The summed E-state index contributed by atoms with van der Waals surface area (Å²) in [5.74, 6) is -1.02. The van der Waals surface area contributed by atoms with E-state index in [9.17, 15) is 9.59 Å². The number of nitrogens with zero attached hydrogens (tertiary/aromatic N) is 2. The number of benzene rings is 3. The highest BCUT2D eigenvalue weighted by Crippen LogP contribution is 2.19. The molecule has 0 aromatic heterocycles. The summed E-state index contributed by atoms with van der Waals surface area (Å²) in [6, 6.07) is 21.8. The van der Waals surface area contributed by atoms with Gasteiger partial charge in [0.1, 0.15) is 0 Å². The van der Waals surface area contributed by atoms with Crippen LogP contribution in [0.25, 0.3) is 0 Å². The number of anilines is 1. The fraction of sp³-hybridized carbons (Fsp3) is 0. The van der Waals surface area contributed by atoms with E-state index in [2.05, 4.69) is 15.7 Å². The van der Waals surface area contributed by atoms with Gasteiger partial charge in [0.25, 0.3) is 5.91 Å². The lowest BCUT2D eigenvalue weighted by Crippen LogP contribution is -2.10. The summed E-state index contributed by atoms with van der Waals surface area (Å²) in [6.45, 7) is 0. The Bertz CT molecular complexity index is 973.